The van der Waals surface area contributed by atoms with E-state index in [4.69, 9.17) is 11.6 Å². The molecular weight excluding hydrogens is 286 g/mol. The minimum atomic E-state index is -0.0799. The summed E-state index contributed by atoms with van der Waals surface area (Å²) >= 11 is 6.10. The molecule has 1 saturated heterocycles. The van der Waals surface area contributed by atoms with Crippen LogP contribution in [0.4, 0.5) is 10.5 Å². The molecule has 1 fully saturated rings. The number of hydrogen-bond acceptors (Lipinski definition) is 2. The first kappa shape index (κ1) is 16.1. The summed E-state index contributed by atoms with van der Waals surface area (Å²) in [5.41, 5.74) is 0.664. The maximum atomic E-state index is 12.5. The normalized spacial score (nSPS) is 18.6. The molecule has 4 nitrogen and oxygen atoms in total. The third kappa shape index (κ3) is 4.61. The van der Waals surface area contributed by atoms with Crippen molar-refractivity contribution in [1.29, 1.82) is 0 Å². The lowest BCUT2D eigenvalue weighted by Gasteiger charge is -2.33. The van der Waals surface area contributed by atoms with E-state index in [0.29, 0.717) is 16.6 Å². The van der Waals surface area contributed by atoms with Gasteiger partial charge in [0.25, 0.3) is 0 Å². The van der Waals surface area contributed by atoms with Crippen molar-refractivity contribution in [2.24, 2.45) is 5.92 Å². The largest absolute Gasteiger partial charge is 0.322 e. The second-order valence-electron chi connectivity index (χ2n) is 5.87. The fourth-order valence-electron chi connectivity index (χ4n) is 2.64. The summed E-state index contributed by atoms with van der Waals surface area (Å²) in [6.07, 6.45) is 2.36. The van der Waals surface area contributed by atoms with Crippen LogP contribution in [0.3, 0.4) is 0 Å². The van der Waals surface area contributed by atoms with Crippen LogP contribution in [-0.4, -0.2) is 36.6 Å². The number of benzene rings is 1. The third-order valence-electron chi connectivity index (χ3n) is 3.85. The second-order valence-corrected chi connectivity index (χ2v) is 6.28. The van der Waals surface area contributed by atoms with Gasteiger partial charge in [0, 0.05) is 12.6 Å². The van der Waals surface area contributed by atoms with E-state index in [-0.39, 0.29) is 12.1 Å². The number of carbonyl (C=O) groups is 1. The number of para-hydroxylation sites is 1. The summed E-state index contributed by atoms with van der Waals surface area (Å²) in [7, 11) is 0. The lowest BCUT2D eigenvalue weighted by Crippen LogP contribution is -2.46. The number of urea groups is 1. The predicted molar refractivity (Wildman–Crippen MR) is 87.9 cm³/mol. The molecule has 0 aliphatic carbocycles. The third-order valence-corrected chi connectivity index (χ3v) is 4.18. The second kappa shape index (κ2) is 7.66. The van der Waals surface area contributed by atoms with Crippen LogP contribution in [0.15, 0.2) is 24.3 Å². The molecule has 1 aromatic rings. The van der Waals surface area contributed by atoms with Crippen LogP contribution < -0.4 is 10.6 Å². The van der Waals surface area contributed by atoms with Crippen LogP contribution >= 0.6 is 11.6 Å². The molecule has 0 bridgehead atoms. The van der Waals surface area contributed by atoms with Gasteiger partial charge in [0.05, 0.1) is 10.7 Å². The van der Waals surface area contributed by atoms with Gasteiger partial charge in [0.15, 0.2) is 0 Å². The van der Waals surface area contributed by atoms with E-state index in [9.17, 15) is 4.79 Å². The Balaban J connectivity index is 2.00. The molecule has 2 amide bonds. The van der Waals surface area contributed by atoms with Gasteiger partial charge in [-0.05, 0) is 57.8 Å². The molecule has 2 rings (SSSR count). The molecule has 2 N–H and O–H groups in total. The van der Waals surface area contributed by atoms with Crippen LogP contribution in [0.1, 0.15) is 26.7 Å². The Morgan fingerprint density at radius 3 is 2.86 bits per heavy atom. The summed E-state index contributed by atoms with van der Waals surface area (Å²) < 4.78 is 0. The molecule has 0 saturated carbocycles. The maximum Gasteiger partial charge on any atom is 0.322 e. The van der Waals surface area contributed by atoms with E-state index in [1.165, 1.54) is 12.8 Å². The molecule has 0 radical (unpaired) electrons. The van der Waals surface area contributed by atoms with Gasteiger partial charge in [0.1, 0.15) is 0 Å². The highest BCUT2D eigenvalue weighted by atomic mass is 35.5. The van der Waals surface area contributed by atoms with Crippen LogP contribution in [0.2, 0.25) is 5.02 Å². The van der Waals surface area contributed by atoms with E-state index in [2.05, 4.69) is 10.6 Å². The Bertz CT molecular complexity index is 472. The fraction of sp³-hybridized carbons (Fsp3) is 0.562. The van der Waals surface area contributed by atoms with Gasteiger partial charge < -0.3 is 15.5 Å². The van der Waals surface area contributed by atoms with Crippen molar-refractivity contribution in [3.63, 3.8) is 0 Å². The highest BCUT2D eigenvalue weighted by Crippen LogP contribution is 2.22. The summed E-state index contributed by atoms with van der Waals surface area (Å²) in [6.45, 7) is 6.94. The number of nitrogens with one attached hydrogen (secondary N) is 2. The minimum absolute atomic E-state index is 0.0799. The van der Waals surface area contributed by atoms with Gasteiger partial charge >= 0.3 is 6.03 Å². The lowest BCUT2D eigenvalue weighted by molar-refractivity contribution is 0.176. The summed E-state index contributed by atoms with van der Waals surface area (Å²) in [5, 5.41) is 6.88. The number of amides is 2. The minimum Gasteiger partial charge on any atom is -0.322 e. The zero-order valence-corrected chi connectivity index (χ0v) is 13.5. The highest BCUT2D eigenvalue weighted by Gasteiger charge is 2.23. The SMILES string of the molecule is CC(C)N(CC1CCCNC1)C(=O)Nc1ccccc1Cl. The van der Waals surface area contributed by atoms with E-state index in [1.807, 2.05) is 36.9 Å². The maximum absolute atomic E-state index is 12.5. The molecule has 1 aliphatic rings. The monoisotopic (exact) mass is 309 g/mol. The topological polar surface area (TPSA) is 44.4 Å². The summed E-state index contributed by atoms with van der Waals surface area (Å²) in [6, 6.07) is 7.40. The molecule has 1 atom stereocenters. The van der Waals surface area contributed by atoms with Crippen molar-refractivity contribution < 1.29 is 4.79 Å². The average Bonchev–Trinajstić information content (AvgIpc) is 2.48. The van der Waals surface area contributed by atoms with E-state index in [0.717, 1.165) is 19.6 Å². The van der Waals surface area contributed by atoms with Crippen molar-refractivity contribution >= 4 is 23.3 Å². The predicted octanol–water partition coefficient (Wildman–Crippen LogP) is 3.58. The molecule has 116 valence electrons. The zero-order valence-electron chi connectivity index (χ0n) is 12.7. The van der Waals surface area contributed by atoms with Gasteiger partial charge in [-0.15, -0.1) is 0 Å². The van der Waals surface area contributed by atoms with Crippen LogP contribution in [-0.2, 0) is 0 Å². The molecule has 5 heteroatoms. The Morgan fingerprint density at radius 2 is 2.24 bits per heavy atom. The first-order valence-electron chi connectivity index (χ1n) is 7.61. The molecule has 1 aromatic carbocycles. The molecule has 1 unspecified atom stereocenters. The number of piperidine rings is 1. The average molecular weight is 310 g/mol. The lowest BCUT2D eigenvalue weighted by atomic mass is 9.99. The first-order valence-corrected chi connectivity index (χ1v) is 7.98. The fourth-order valence-corrected chi connectivity index (χ4v) is 2.82. The van der Waals surface area contributed by atoms with Crippen molar-refractivity contribution in [3.8, 4) is 0 Å². The van der Waals surface area contributed by atoms with E-state index in [1.54, 1.807) is 6.07 Å². The molecule has 21 heavy (non-hydrogen) atoms. The molecule has 0 spiro atoms. The summed E-state index contributed by atoms with van der Waals surface area (Å²) in [5.74, 6) is 0.526. The van der Waals surface area contributed by atoms with Crippen LogP contribution in [0, 0.1) is 5.92 Å². The number of hydrogen-bond donors (Lipinski definition) is 2. The molecule has 0 aromatic heterocycles. The van der Waals surface area contributed by atoms with Crippen molar-refractivity contribution in [1.82, 2.24) is 10.2 Å². The van der Waals surface area contributed by atoms with Crippen molar-refractivity contribution in [2.45, 2.75) is 32.7 Å². The smallest absolute Gasteiger partial charge is 0.322 e. The highest BCUT2D eigenvalue weighted by molar-refractivity contribution is 6.33. The molecule has 1 heterocycles. The summed E-state index contributed by atoms with van der Waals surface area (Å²) in [4.78, 5) is 14.4. The Hall–Kier alpha value is -1.26. The van der Waals surface area contributed by atoms with Gasteiger partial charge in [-0.3, -0.25) is 0 Å². The number of nitrogens with zero attached hydrogens (tertiary/aromatic N) is 1. The van der Waals surface area contributed by atoms with Gasteiger partial charge in [0.2, 0.25) is 0 Å². The van der Waals surface area contributed by atoms with Crippen molar-refractivity contribution in [2.75, 3.05) is 25.0 Å². The zero-order chi connectivity index (χ0) is 15.2. The Kier molecular flexibility index (Phi) is 5.88. The Labute approximate surface area is 131 Å². The van der Waals surface area contributed by atoms with Gasteiger partial charge in [-0.25, -0.2) is 4.79 Å². The molecule has 1 aliphatic heterocycles. The quantitative estimate of drug-likeness (QED) is 0.893. The van der Waals surface area contributed by atoms with E-state index < -0.39 is 0 Å². The van der Waals surface area contributed by atoms with Crippen LogP contribution in [0.25, 0.3) is 0 Å². The van der Waals surface area contributed by atoms with Gasteiger partial charge in [-0.1, -0.05) is 23.7 Å². The number of anilines is 1. The van der Waals surface area contributed by atoms with Crippen LogP contribution in [0.5, 0.6) is 0 Å². The molecular formula is C16H24ClN3O. The van der Waals surface area contributed by atoms with E-state index >= 15 is 0 Å². The first-order chi connectivity index (χ1) is 10.1. The number of carbonyl (C=O) groups excluding carboxylic acids is 1. The Morgan fingerprint density at radius 1 is 1.48 bits per heavy atom. The van der Waals surface area contributed by atoms with Crippen molar-refractivity contribution in [3.05, 3.63) is 29.3 Å². The number of halogens is 1. The standard InChI is InChI=1S/C16H24ClN3O/c1-12(2)20(11-13-6-5-9-18-10-13)16(21)19-15-8-4-3-7-14(15)17/h3-4,7-8,12-13,18H,5-6,9-11H2,1-2H3,(H,19,21). The number of rotatable bonds is 4. The van der Waals surface area contributed by atoms with Gasteiger partial charge in [-0.2, -0.15) is 0 Å².